The fraction of sp³-hybridized carbons (Fsp3) is 1.00. The molecule has 0 saturated heterocycles. The van der Waals surface area contributed by atoms with Crippen LogP contribution >= 0.6 is 0 Å². The molecule has 2 rings (SSSR count). The topological polar surface area (TPSA) is 21.3 Å². The Morgan fingerprint density at radius 2 is 2.12 bits per heavy atom. The maximum Gasteiger partial charge on any atom is 0.0693 e. The third kappa shape index (κ3) is 3.21. The number of nitrogens with one attached hydrogen (secondary N) is 1. The third-order valence-electron chi connectivity index (χ3n) is 4.31. The number of hydrogen-bond donors (Lipinski definition) is 1. The van der Waals surface area contributed by atoms with Gasteiger partial charge in [-0.05, 0) is 51.0 Å². The van der Waals surface area contributed by atoms with Gasteiger partial charge in [0, 0.05) is 13.2 Å². The van der Waals surface area contributed by atoms with Crippen LogP contribution in [-0.4, -0.2) is 25.3 Å². The average molecular weight is 225 g/mol. The summed E-state index contributed by atoms with van der Waals surface area (Å²) < 4.78 is 5.75. The number of rotatable bonds is 8. The molecule has 1 N–H and O–H groups in total. The minimum atomic E-state index is 0.236. The van der Waals surface area contributed by atoms with Crippen molar-refractivity contribution in [2.75, 3.05) is 13.7 Å². The maximum atomic E-state index is 5.75. The summed E-state index contributed by atoms with van der Waals surface area (Å²) >= 11 is 0. The van der Waals surface area contributed by atoms with E-state index in [0.29, 0.717) is 6.04 Å². The van der Waals surface area contributed by atoms with Gasteiger partial charge in [0.15, 0.2) is 0 Å². The molecule has 0 aromatic carbocycles. The highest BCUT2D eigenvalue weighted by Gasteiger charge is 2.39. The lowest BCUT2D eigenvalue weighted by Gasteiger charge is -2.43. The van der Waals surface area contributed by atoms with Gasteiger partial charge in [0.25, 0.3) is 0 Å². The highest BCUT2D eigenvalue weighted by Crippen LogP contribution is 2.41. The Hall–Kier alpha value is -0.0800. The van der Waals surface area contributed by atoms with Crippen LogP contribution in [0, 0.1) is 5.92 Å². The summed E-state index contributed by atoms with van der Waals surface area (Å²) in [7, 11) is 1.90. The zero-order chi connectivity index (χ0) is 11.4. The van der Waals surface area contributed by atoms with Gasteiger partial charge in [-0.3, -0.25) is 0 Å². The van der Waals surface area contributed by atoms with Gasteiger partial charge in [0.1, 0.15) is 0 Å². The van der Waals surface area contributed by atoms with Crippen LogP contribution in [0.4, 0.5) is 0 Å². The predicted octanol–water partition coefficient (Wildman–Crippen LogP) is 3.11. The first-order chi connectivity index (χ1) is 7.78. The molecule has 0 amide bonds. The Morgan fingerprint density at radius 3 is 2.56 bits per heavy atom. The highest BCUT2D eigenvalue weighted by molar-refractivity contribution is 4.94. The van der Waals surface area contributed by atoms with E-state index >= 15 is 0 Å². The zero-order valence-electron chi connectivity index (χ0n) is 10.9. The van der Waals surface area contributed by atoms with Crippen molar-refractivity contribution in [3.8, 4) is 0 Å². The Kier molecular flexibility index (Phi) is 4.26. The summed E-state index contributed by atoms with van der Waals surface area (Å²) in [6.07, 6.45) is 10.7. The van der Waals surface area contributed by atoms with Crippen molar-refractivity contribution < 1.29 is 4.74 Å². The quantitative estimate of drug-likeness (QED) is 0.685. The molecule has 2 aliphatic carbocycles. The van der Waals surface area contributed by atoms with E-state index in [1.165, 1.54) is 51.4 Å². The van der Waals surface area contributed by atoms with Crippen LogP contribution in [0.15, 0.2) is 0 Å². The number of ether oxygens (including phenoxy) is 1. The van der Waals surface area contributed by atoms with Crippen LogP contribution in [0.25, 0.3) is 0 Å². The standard InChI is InChI=1S/C14H27NO/c1-3-9-15-13(10-12-5-6-12)11-14(16-2)7-4-8-14/h12-13,15H,3-11H2,1-2H3. The molecule has 0 aromatic rings. The Labute approximate surface area is 100 Å². The second-order valence-corrected chi connectivity index (χ2v) is 5.77. The molecule has 94 valence electrons. The Balaban J connectivity index is 1.79. The monoisotopic (exact) mass is 225 g/mol. The minimum Gasteiger partial charge on any atom is -0.378 e. The van der Waals surface area contributed by atoms with Gasteiger partial charge < -0.3 is 10.1 Å². The summed E-state index contributed by atoms with van der Waals surface area (Å²) in [5.74, 6) is 1.02. The number of methoxy groups -OCH3 is 1. The first-order valence-electron chi connectivity index (χ1n) is 7.06. The molecule has 2 fully saturated rings. The van der Waals surface area contributed by atoms with Crippen molar-refractivity contribution in [2.45, 2.75) is 69.9 Å². The molecule has 2 nitrogen and oxygen atoms in total. The molecular weight excluding hydrogens is 198 g/mol. The first-order valence-corrected chi connectivity index (χ1v) is 7.06. The fourth-order valence-corrected chi connectivity index (χ4v) is 2.85. The van der Waals surface area contributed by atoms with Gasteiger partial charge in [0.2, 0.25) is 0 Å². The fourth-order valence-electron chi connectivity index (χ4n) is 2.85. The molecule has 0 spiro atoms. The number of hydrogen-bond acceptors (Lipinski definition) is 2. The molecular formula is C14H27NO. The SMILES string of the molecule is CCCNC(CC1CC1)CC1(OC)CCC1. The van der Waals surface area contributed by atoms with Gasteiger partial charge in [-0.1, -0.05) is 19.8 Å². The minimum absolute atomic E-state index is 0.236. The van der Waals surface area contributed by atoms with Crippen LogP contribution in [0.3, 0.4) is 0 Å². The van der Waals surface area contributed by atoms with E-state index < -0.39 is 0 Å². The zero-order valence-corrected chi connectivity index (χ0v) is 10.9. The lowest BCUT2D eigenvalue weighted by molar-refractivity contribution is -0.0841. The van der Waals surface area contributed by atoms with Crippen molar-refractivity contribution >= 4 is 0 Å². The van der Waals surface area contributed by atoms with Crippen LogP contribution in [0.5, 0.6) is 0 Å². The van der Waals surface area contributed by atoms with E-state index in [9.17, 15) is 0 Å². The van der Waals surface area contributed by atoms with Crippen molar-refractivity contribution in [1.82, 2.24) is 5.32 Å². The van der Waals surface area contributed by atoms with Gasteiger partial charge >= 0.3 is 0 Å². The third-order valence-corrected chi connectivity index (χ3v) is 4.31. The molecule has 2 aliphatic rings. The van der Waals surface area contributed by atoms with Crippen molar-refractivity contribution in [1.29, 1.82) is 0 Å². The summed E-state index contributed by atoms with van der Waals surface area (Å²) in [4.78, 5) is 0. The molecule has 2 heteroatoms. The molecule has 1 unspecified atom stereocenters. The van der Waals surface area contributed by atoms with Crippen molar-refractivity contribution in [3.05, 3.63) is 0 Å². The lowest BCUT2D eigenvalue weighted by atomic mass is 9.75. The second-order valence-electron chi connectivity index (χ2n) is 5.77. The van der Waals surface area contributed by atoms with Crippen molar-refractivity contribution in [2.24, 2.45) is 5.92 Å². The molecule has 0 bridgehead atoms. The van der Waals surface area contributed by atoms with E-state index in [1.807, 2.05) is 7.11 Å². The molecule has 1 atom stereocenters. The Bertz CT molecular complexity index is 203. The summed E-state index contributed by atoms with van der Waals surface area (Å²) in [5, 5.41) is 3.72. The molecule has 16 heavy (non-hydrogen) atoms. The van der Waals surface area contributed by atoms with E-state index in [0.717, 1.165) is 12.5 Å². The van der Waals surface area contributed by atoms with Gasteiger partial charge in [0.05, 0.1) is 5.60 Å². The van der Waals surface area contributed by atoms with E-state index in [1.54, 1.807) is 0 Å². The van der Waals surface area contributed by atoms with Crippen LogP contribution in [-0.2, 0) is 4.74 Å². The Morgan fingerprint density at radius 1 is 1.38 bits per heavy atom. The second kappa shape index (κ2) is 5.50. The van der Waals surface area contributed by atoms with E-state index in [4.69, 9.17) is 4.74 Å². The summed E-state index contributed by atoms with van der Waals surface area (Å²) in [6.45, 7) is 3.41. The smallest absolute Gasteiger partial charge is 0.0693 e. The van der Waals surface area contributed by atoms with Crippen LogP contribution < -0.4 is 5.32 Å². The van der Waals surface area contributed by atoms with E-state index in [2.05, 4.69) is 12.2 Å². The lowest BCUT2D eigenvalue weighted by Crippen LogP contribution is -2.46. The molecule has 0 aromatic heterocycles. The summed E-state index contributed by atoms with van der Waals surface area (Å²) in [5.41, 5.74) is 0.236. The molecule has 2 saturated carbocycles. The molecule has 0 aliphatic heterocycles. The van der Waals surface area contributed by atoms with Crippen molar-refractivity contribution in [3.63, 3.8) is 0 Å². The predicted molar refractivity (Wildman–Crippen MR) is 67.6 cm³/mol. The van der Waals surface area contributed by atoms with E-state index in [-0.39, 0.29) is 5.60 Å². The molecule has 0 radical (unpaired) electrons. The van der Waals surface area contributed by atoms with Gasteiger partial charge in [-0.25, -0.2) is 0 Å². The normalized spacial score (nSPS) is 25.1. The first kappa shape index (κ1) is 12.4. The van der Waals surface area contributed by atoms with Crippen LogP contribution in [0.2, 0.25) is 0 Å². The summed E-state index contributed by atoms with van der Waals surface area (Å²) in [6, 6.07) is 0.702. The highest BCUT2D eigenvalue weighted by atomic mass is 16.5. The van der Waals surface area contributed by atoms with Gasteiger partial charge in [-0.2, -0.15) is 0 Å². The largest absolute Gasteiger partial charge is 0.378 e. The molecule has 0 heterocycles. The maximum absolute atomic E-state index is 5.75. The van der Waals surface area contributed by atoms with Gasteiger partial charge in [-0.15, -0.1) is 0 Å². The average Bonchev–Trinajstić information content (AvgIpc) is 3.03. The van der Waals surface area contributed by atoms with Crippen LogP contribution in [0.1, 0.15) is 58.3 Å².